The first-order valence-electron chi connectivity index (χ1n) is 7.63. The number of ether oxygens (including phenoxy) is 1. The fourth-order valence-electron chi connectivity index (χ4n) is 2.39. The number of carbonyl (C=O) groups is 1. The third-order valence-electron chi connectivity index (χ3n) is 3.76. The SMILES string of the molecule is Cc1ccc([C@H](C)OC(=O)Cn2nnc3ccccc3c2=O)cc1. The largest absolute Gasteiger partial charge is 0.456 e. The van der Waals surface area contributed by atoms with Gasteiger partial charge < -0.3 is 4.74 Å². The van der Waals surface area contributed by atoms with E-state index in [2.05, 4.69) is 10.3 Å². The molecule has 1 aromatic heterocycles. The fourth-order valence-corrected chi connectivity index (χ4v) is 2.39. The van der Waals surface area contributed by atoms with Gasteiger partial charge in [-0.15, -0.1) is 5.10 Å². The van der Waals surface area contributed by atoms with Crippen molar-refractivity contribution in [2.45, 2.75) is 26.5 Å². The second-order valence-corrected chi connectivity index (χ2v) is 5.61. The van der Waals surface area contributed by atoms with Crippen LogP contribution in [0.15, 0.2) is 53.3 Å². The summed E-state index contributed by atoms with van der Waals surface area (Å²) in [6.45, 7) is 3.51. The number of rotatable bonds is 4. The van der Waals surface area contributed by atoms with Crippen molar-refractivity contribution >= 4 is 16.9 Å². The van der Waals surface area contributed by atoms with Crippen LogP contribution in [0.3, 0.4) is 0 Å². The molecule has 0 aliphatic heterocycles. The van der Waals surface area contributed by atoms with Crippen LogP contribution in [0.5, 0.6) is 0 Å². The van der Waals surface area contributed by atoms with Gasteiger partial charge in [0.2, 0.25) is 0 Å². The van der Waals surface area contributed by atoms with E-state index in [9.17, 15) is 9.59 Å². The summed E-state index contributed by atoms with van der Waals surface area (Å²) >= 11 is 0. The summed E-state index contributed by atoms with van der Waals surface area (Å²) in [6.07, 6.45) is -0.401. The van der Waals surface area contributed by atoms with E-state index < -0.39 is 12.1 Å². The highest BCUT2D eigenvalue weighted by Crippen LogP contribution is 2.17. The van der Waals surface area contributed by atoms with Gasteiger partial charge in [-0.2, -0.15) is 4.68 Å². The molecular formula is C18H17N3O3. The summed E-state index contributed by atoms with van der Waals surface area (Å²) < 4.78 is 6.40. The zero-order valence-electron chi connectivity index (χ0n) is 13.5. The third kappa shape index (κ3) is 3.32. The number of esters is 1. The first-order chi connectivity index (χ1) is 11.5. The van der Waals surface area contributed by atoms with Crippen LogP contribution in [0.2, 0.25) is 0 Å². The molecule has 0 radical (unpaired) electrons. The van der Waals surface area contributed by atoms with Crippen molar-refractivity contribution in [2.24, 2.45) is 0 Å². The Morgan fingerprint density at radius 2 is 1.88 bits per heavy atom. The third-order valence-corrected chi connectivity index (χ3v) is 3.76. The van der Waals surface area contributed by atoms with Gasteiger partial charge in [0.25, 0.3) is 5.56 Å². The van der Waals surface area contributed by atoms with E-state index in [0.717, 1.165) is 15.8 Å². The Balaban J connectivity index is 1.74. The van der Waals surface area contributed by atoms with Crippen molar-refractivity contribution in [1.82, 2.24) is 15.0 Å². The molecule has 3 rings (SSSR count). The maximum atomic E-state index is 12.3. The molecule has 0 aliphatic carbocycles. The summed E-state index contributed by atoms with van der Waals surface area (Å²) in [4.78, 5) is 24.4. The van der Waals surface area contributed by atoms with E-state index in [1.165, 1.54) is 0 Å². The molecule has 24 heavy (non-hydrogen) atoms. The topological polar surface area (TPSA) is 74.1 Å². The highest BCUT2D eigenvalue weighted by Gasteiger charge is 2.14. The van der Waals surface area contributed by atoms with E-state index in [-0.39, 0.29) is 12.1 Å². The zero-order chi connectivity index (χ0) is 17.1. The molecule has 6 nitrogen and oxygen atoms in total. The van der Waals surface area contributed by atoms with Crippen molar-refractivity contribution in [2.75, 3.05) is 0 Å². The second kappa shape index (κ2) is 6.62. The van der Waals surface area contributed by atoms with Crippen molar-refractivity contribution in [3.63, 3.8) is 0 Å². The number of benzene rings is 2. The van der Waals surface area contributed by atoms with Gasteiger partial charge in [-0.25, -0.2) is 0 Å². The van der Waals surface area contributed by atoms with Crippen LogP contribution in [0.4, 0.5) is 0 Å². The lowest BCUT2D eigenvalue weighted by Crippen LogP contribution is -2.29. The van der Waals surface area contributed by atoms with Gasteiger partial charge >= 0.3 is 5.97 Å². The first kappa shape index (κ1) is 15.9. The standard InChI is InChI=1S/C18H17N3O3/c1-12-7-9-14(10-8-12)13(2)24-17(22)11-21-18(23)15-5-3-4-6-16(15)19-20-21/h3-10,13H,11H2,1-2H3/t13-/m0/s1. The van der Waals surface area contributed by atoms with Crippen LogP contribution in [0, 0.1) is 6.92 Å². The molecule has 0 aliphatic rings. The minimum Gasteiger partial charge on any atom is -0.456 e. The van der Waals surface area contributed by atoms with E-state index in [1.807, 2.05) is 31.2 Å². The van der Waals surface area contributed by atoms with Gasteiger partial charge in [0.05, 0.1) is 5.39 Å². The van der Waals surface area contributed by atoms with Gasteiger partial charge in [0, 0.05) is 0 Å². The molecule has 2 aromatic carbocycles. The molecule has 3 aromatic rings. The number of carbonyl (C=O) groups excluding carboxylic acids is 1. The molecule has 0 spiro atoms. The second-order valence-electron chi connectivity index (χ2n) is 5.61. The molecular weight excluding hydrogens is 306 g/mol. The van der Waals surface area contributed by atoms with Crippen LogP contribution >= 0.6 is 0 Å². The van der Waals surface area contributed by atoms with Crippen LogP contribution < -0.4 is 5.56 Å². The van der Waals surface area contributed by atoms with Crippen molar-refractivity contribution in [3.05, 3.63) is 70.0 Å². The summed E-state index contributed by atoms with van der Waals surface area (Å²) in [5.41, 5.74) is 2.17. The Kier molecular flexibility index (Phi) is 4.37. The number of nitrogens with zero attached hydrogens (tertiary/aromatic N) is 3. The maximum Gasteiger partial charge on any atom is 0.328 e. The minimum absolute atomic E-state index is 0.271. The van der Waals surface area contributed by atoms with Gasteiger partial charge in [0.1, 0.15) is 18.2 Å². The molecule has 0 amide bonds. The summed E-state index contributed by atoms with van der Waals surface area (Å²) in [6, 6.07) is 14.6. The van der Waals surface area contributed by atoms with Crippen LogP contribution in [-0.2, 0) is 16.1 Å². The molecule has 6 heteroatoms. The Morgan fingerprint density at radius 1 is 1.17 bits per heavy atom. The predicted octanol–water partition coefficient (Wildman–Crippen LogP) is 2.40. The molecule has 1 heterocycles. The van der Waals surface area contributed by atoms with Gasteiger partial charge in [-0.3, -0.25) is 9.59 Å². The Hall–Kier alpha value is -3.02. The van der Waals surface area contributed by atoms with Gasteiger partial charge in [0.15, 0.2) is 0 Å². The molecule has 122 valence electrons. The normalized spacial score (nSPS) is 12.1. The lowest BCUT2D eigenvalue weighted by molar-refractivity contribution is -0.149. The van der Waals surface area contributed by atoms with Crippen LogP contribution in [0.25, 0.3) is 10.9 Å². The van der Waals surface area contributed by atoms with E-state index in [4.69, 9.17) is 4.74 Å². The summed E-state index contributed by atoms with van der Waals surface area (Å²) in [5.74, 6) is -0.533. The van der Waals surface area contributed by atoms with Gasteiger partial charge in [-0.1, -0.05) is 47.2 Å². The van der Waals surface area contributed by atoms with Crippen LogP contribution in [0.1, 0.15) is 24.2 Å². The summed E-state index contributed by atoms with van der Waals surface area (Å²) in [7, 11) is 0. The molecule has 0 N–H and O–H groups in total. The molecule has 1 atom stereocenters. The lowest BCUT2D eigenvalue weighted by Gasteiger charge is -2.14. The predicted molar refractivity (Wildman–Crippen MR) is 89.5 cm³/mol. The Labute approximate surface area is 138 Å². The highest BCUT2D eigenvalue weighted by atomic mass is 16.5. The van der Waals surface area contributed by atoms with Crippen LogP contribution in [-0.4, -0.2) is 21.0 Å². The smallest absolute Gasteiger partial charge is 0.328 e. The van der Waals surface area contributed by atoms with E-state index in [1.54, 1.807) is 31.2 Å². The number of hydrogen-bond donors (Lipinski definition) is 0. The zero-order valence-corrected chi connectivity index (χ0v) is 13.5. The quantitative estimate of drug-likeness (QED) is 0.689. The maximum absolute atomic E-state index is 12.3. The number of hydrogen-bond acceptors (Lipinski definition) is 5. The van der Waals surface area contributed by atoms with Gasteiger partial charge in [-0.05, 0) is 31.5 Å². The average Bonchev–Trinajstić information content (AvgIpc) is 2.58. The Morgan fingerprint density at radius 3 is 2.62 bits per heavy atom. The average molecular weight is 323 g/mol. The number of fused-ring (bicyclic) bond motifs is 1. The molecule has 0 unspecified atom stereocenters. The number of aromatic nitrogens is 3. The fraction of sp³-hybridized carbons (Fsp3) is 0.222. The Bertz CT molecular complexity index is 932. The number of aryl methyl sites for hydroxylation is 1. The van der Waals surface area contributed by atoms with Crippen molar-refractivity contribution in [1.29, 1.82) is 0 Å². The lowest BCUT2D eigenvalue weighted by atomic mass is 10.1. The molecule has 0 fully saturated rings. The van der Waals surface area contributed by atoms with Crippen molar-refractivity contribution in [3.8, 4) is 0 Å². The minimum atomic E-state index is -0.533. The summed E-state index contributed by atoms with van der Waals surface area (Å²) in [5, 5.41) is 8.16. The molecule has 0 saturated carbocycles. The first-order valence-corrected chi connectivity index (χ1v) is 7.63. The van der Waals surface area contributed by atoms with E-state index >= 15 is 0 Å². The highest BCUT2D eigenvalue weighted by molar-refractivity contribution is 5.77. The van der Waals surface area contributed by atoms with Crippen molar-refractivity contribution < 1.29 is 9.53 Å². The monoisotopic (exact) mass is 323 g/mol. The molecule has 0 saturated heterocycles. The molecule has 0 bridgehead atoms. The van der Waals surface area contributed by atoms with E-state index in [0.29, 0.717) is 10.9 Å².